The number of nitrogens with zero attached hydrogens (tertiary/aromatic N) is 2. The molecule has 0 saturated carbocycles. The lowest BCUT2D eigenvalue weighted by Gasteiger charge is -2.38. The van der Waals surface area contributed by atoms with E-state index in [1.165, 1.54) is 18.0 Å². The number of nitrogens with one attached hydrogen (secondary N) is 1. The number of rotatable bonds is 9. The van der Waals surface area contributed by atoms with E-state index in [9.17, 15) is 9.59 Å². The smallest absolute Gasteiger partial charge is 0.328 e. The quantitative estimate of drug-likeness (QED) is 0.117. The molecule has 0 amide bonds. The van der Waals surface area contributed by atoms with E-state index >= 15 is 0 Å². The maximum atomic E-state index is 13.9. The van der Waals surface area contributed by atoms with Crippen molar-refractivity contribution in [3.63, 3.8) is 0 Å². The Kier molecular flexibility index (Phi) is 8.27. The summed E-state index contributed by atoms with van der Waals surface area (Å²) in [5, 5.41) is 9.20. The van der Waals surface area contributed by atoms with E-state index < -0.39 is 17.6 Å². The van der Waals surface area contributed by atoms with Crippen LogP contribution in [0.25, 0.3) is 21.9 Å². The van der Waals surface area contributed by atoms with Crippen LogP contribution in [0.15, 0.2) is 138 Å². The lowest BCUT2D eigenvalue weighted by molar-refractivity contribution is -0.136. The number of ether oxygens (including phenoxy) is 2. The fourth-order valence-corrected chi connectivity index (χ4v) is 5.90. The zero-order chi connectivity index (χ0) is 31.4. The van der Waals surface area contributed by atoms with Crippen molar-refractivity contribution < 1.29 is 14.3 Å². The molecule has 6 rings (SSSR count). The van der Waals surface area contributed by atoms with Crippen molar-refractivity contribution in [1.29, 1.82) is 0 Å². The van der Waals surface area contributed by atoms with Crippen LogP contribution in [0.3, 0.4) is 0 Å². The number of carbonyl (C=O) groups is 1. The van der Waals surface area contributed by atoms with Gasteiger partial charge in [-0.1, -0.05) is 115 Å². The van der Waals surface area contributed by atoms with Crippen molar-refractivity contribution in [2.24, 2.45) is 7.05 Å². The van der Waals surface area contributed by atoms with E-state index in [1.807, 2.05) is 85.8 Å². The Hall–Kier alpha value is -5.53. The molecule has 0 fully saturated rings. The number of methoxy groups -OCH3 is 1. The predicted molar refractivity (Wildman–Crippen MR) is 176 cm³/mol. The minimum Gasteiger partial charge on any atom is -0.494 e. The maximum Gasteiger partial charge on any atom is 0.328 e. The largest absolute Gasteiger partial charge is 0.494 e. The molecule has 0 aliphatic heterocycles. The predicted octanol–water partition coefficient (Wildman–Crippen LogP) is 6.48. The van der Waals surface area contributed by atoms with E-state index in [1.54, 1.807) is 19.2 Å². The van der Waals surface area contributed by atoms with Gasteiger partial charge in [-0.2, -0.15) is 5.10 Å². The number of esters is 1. The minimum absolute atomic E-state index is 0.291. The van der Waals surface area contributed by atoms with Gasteiger partial charge in [0.15, 0.2) is 5.75 Å². The second-order valence-electron chi connectivity index (χ2n) is 10.8. The van der Waals surface area contributed by atoms with Crippen LogP contribution >= 0.6 is 0 Å². The summed E-state index contributed by atoms with van der Waals surface area (Å²) in [5.41, 5.74) is 2.89. The molecular formula is C38H33N3O4. The van der Waals surface area contributed by atoms with Crippen LogP contribution in [-0.4, -0.2) is 28.9 Å². The van der Waals surface area contributed by atoms with E-state index in [0.717, 1.165) is 22.1 Å². The fourth-order valence-electron chi connectivity index (χ4n) is 5.90. The lowest BCUT2D eigenvalue weighted by atomic mass is 9.76. The van der Waals surface area contributed by atoms with Gasteiger partial charge in [0.1, 0.15) is 11.8 Å². The Balaban J connectivity index is 1.40. The zero-order valence-corrected chi connectivity index (χ0v) is 25.3. The molecule has 0 spiro atoms. The van der Waals surface area contributed by atoms with Crippen molar-refractivity contribution in [3.8, 4) is 22.6 Å². The van der Waals surface area contributed by atoms with E-state index in [4.69, 9.17) is 9.47 Å². The highest BCUT2D eigenvalue weighted by Crippen LogP contribution is 2.39. The molecule has 0 saturated heterocycles. The van der Waals surface area contributed by atoms with Crippen LogP contribution in [-0.2, 0) is 17.4 Å². The van der Waals surface area contributed by atoms with Gasteiger partial charge in [0.05, 0.1) is 24.4 Å². The average molecular weight is 596 g/mol. The molecule has 1 aromatic heterocycles. The van der Waals surface area contributed by atoms with Crippen LogP contribution in [0, 0.1) is 0 Å². The molecule has 7 heteroatoms. The van der Waals surface area contributed by atoms with Gasteiger partial charge in [0.2, 0.25) is 0 Å². The van der Waals surface area contributed by atoms with Gasteiger partial charge in [-0.05, 0) is 46.7 Å². The van der Waals surface area contributed by atoms with Gasteiger partial charge >= 0.3 is 5.97 Å². The number of fused-ring (bicyclic) bond motifs is 1. The molecule has 0 aliphatic carbocycles. The Morgan fingerprint density at radius 2 is 1.24 bits per heavy atom. The van der Waals surface area contributed by atoms with Crippen molar-refractivity contribution in [1.82, 2.24) is 15.1 Å². The van der Waals surface area contributed by atoms with E-state index in [2.05, 4.69) is 46.8 Å². The van der Waals surface area contributed by atoms with Gasteiger partial charge in [0, 0.05) is 12.4 Å². The summed E-state index contributed by atoms with van der Waals surface area (Å²) >= 11 is 0. The Morgan fingerprint density at radius 1 is 0.733 bits per heavy atom. The van der Waals surface area contributed by atoms with Crippen LogP contribution in [0.1, 0.15) is 23.6 Å². The first-order valence-corrected chi connectivity index (χ1v) is 14.7. The van der Waals surface area contributed by atoms with Crippen LogP contribution in [0.4, 0.5) is 0 Å². The van der Waals surface area contributed by atoms with Crippen molar-refractivity contribution in [3.05, 3.63) is 161 Å². The number of aromatic nitrogens is 2. The molecule has 5 aromatic carbocycles. The molecule has 7 nitrogen and oxygen atoms in total. The highest BCUT2D eigenvalue weighted by Gasteiger charge is 2.39. The standard InChI is InChI=1S/C38H33N3O4/c1-26(40-38(27-15-7-4-8-16-27,28-17-9-5-10-18-28)29-19-11-6-12-20-29)37(43)45-33-24-23-32(30-21-13-14-22-31(30)33)35-34(44-3)25-39-41(2)36(35)42/h4-26,40H,1-3H3/t26-/m0/s1. The van der Waals surface area contributed by atoms with Gasteiger partial charge in [0.25, 0.3) is 5.56 Å². The van der Waals surface area contributed by atoms with Gasteiger partial charge in [-0.25, -0.2) is 9.48 Å². The van der Waals surface area contributed by atoms with Gasteiger partial charge in [-0.15, -0.1) is 0 Å². The fraction of sp³-hybridized carbons (Fsp3) is 0.132. The molecule has 1 heterocycles. The number of benzene rings is 5. The van der Waals surface area contributed by atoms with Crippen LogP contribution in [0.5, 0.6) is 11.5 Å². The Labute approximate surface area is 261 Å². The summed E-state index contributed by atoms with van der Waals surface area (Å²) in [7, 11) is 3.10. The Bertz CT molecular complexity index is 1910. The first-order chi connectivity index (χ1) is 21.9. The molecule has 1 N–H and O–H groups in total. The number of aryl methyl sites for hydroxylation is 1. The molecule has 45 heavy (non-hydrogen) atoms. The van der Waals surface area contributed by atoms with Crippen molar-refractivity contribution in [2.45, 2.75) is 18.5 Å². The molecule has 0 radical (unpaired) electrons. The van der Waals surface area contributed by atoms with E-state index in [-0.39, 0.29) is 5.56 Å². The number of hydrogen-bond donors (Lipinski definition) is 1. The number of carbonyl (C=O) groups excluding carboxylic acids is 1. The third-order valence-electron chi connectivity index (χ3n) is 8.09. The number of hydrogen-bond acceptors (Lipinski definition) is 6. The second kappa shape index (κ2) is 12.6. The molecule has 0 bridgehead atoms. The molecule has 1 atom stereocenters. The summed E-state index contributed by atoms with van der Waals surface area (Å²) in [6.45, 7) is 1.81. The lowest BCUT2D eigenvalue weighted by Crippen LogP contribution is -2.52. The van der Waals surface area contributed by atoms with Crippen LogP contribution in [0.2, 0.25) is 0 Å². The minimum atomic E-state index is -0.841. The SMILES string of the molecule is COc1cnn(C)c(=O)c1-c1ccc(OC(=O)[C@H](C)NC(c2ccccc2)(c2ccccc2)c2ccccc2)c2ccccc12. The second-order valence-corrected chi connectivity index (χ2v) is 10.8. The van der Waals surface area contributed by atoms with Gasteiger partial charge < -0.3 is 9.47 Å². The van der Waals surface area contributed by atoms with Gasteiger partial charge in [-0.3, -0.25) is 10.1 Å². The first-order valence-electron chi connectivity index (χ1n) is 14.7. The normalized spacial score (nSPS) is 12.1. The maximum absolute atomic E-state index is 13.9. The third kappa shape index (κ3) is 5.50. The third-order valence-corrected chi connectivity index (χ3v) is 8.09. The average Bonchev–Trinajstić information content (AvgIpc) is 3.09. The van der Waals surface area contributed by atoms with Crippen LogP contribution < -0.4 is 20.3 Å². The van der Waals surface area contributed by atoms with Crippen molar-refractivity contribution in [2.75, 3.05) is 7.11 Å². The van der Waals surface area contributed by atoms with Crippen molar-refractivity contribution >= 4 is 16.7 Å². The highest BCUT2D eigenvalue weighted by atomic mass is 16.5. The van der Waals surface area contributed by atoms with E-state index in [0.29, 0.717) is 28.0 Å². The summed E-state index contributed by atoms with van der Waals surface area (Å²) in [6.07, 6.45) is 1.52. The zero-order valence-electron chi connectivity index (χ0n) is 25.3. The summed E-state index contributed by atoms with van der Waals surface area (Å²) < 4.78 is 12.9. The monoisotopic (exact) mass is 595 g/mol. The summed E-state index contributed by atoms with van der Waals surface area (Å²) in [6, 6.07) is 40.6. The highest BCUT2D eigenvalue weighted by molar-refractivity contribution is 6.02. The molecule has 6 aromatic rings. The summed E-state index contributed by atoms with van der Waals surface area (Å²) in [4.78, 5) is 27.1. The molecule has 0 aliphatic rings. The summed E-state index contributed by atoms with van der Waals surface area (Å²) in [5.74, 6) is 0.310. The topological polar surface area (TPSA) is 82.5 Å². The molecular weight excluding hydrogens is 562 g/mol. The molecule has 224 valence electrons. The Morgan fingerprint density at radius 3 is 1.78 bits per heavy atom. The first kappa shape index (κ1) is 29.5. The molecule has 0 unspecified atom stereocenters.